The van der Waals surface area contributed by atoms with E-state index >= 15 is 0 Å². The van der Waals surface area contributed by atoms with Crippen LogP contribution in [0.3, 0.4) is 0 Å². The molecule has 0 aliphatic carbocycles. The zero-order valence-electron chi connectivity index (χ0n) is 21.6. The second-order valence-corrected chi connectivity index (χ2v) is 10.4. The van der Waals surface area contributed by atoms with Gasteiger partial charge in [0, 0.05) is 12.8 Å². The molecule has 1 atom stereocenters. The standard InChI is InChI=1S/C25H50NO7P/c1-3-5-6-7-8-9-10-11-12-13-14-15-16-17-18-20-24(27)26-23(22-33-34(29,30)31)21-32-25(28)19-4-2/h23H,3-22H2,1-2H3,(H,26,27)(H2,29,30,31)/t23-/m1/s1. The molecule has 0 heterocycles. The summed E-state index contributed by atoms with van der Waals surface area (Å²) in [6.07, 6.45) is 20.0. The molecule has 0 spiro atoms. The van der Waals surface area contributed by atoms with Gasteiger partial charge in [0.15, 0.2) is 0 Å². The molecule has 0 saturated heterocycles. The van der Waals surface area contributed by atoms with Crippen LogP contribution in [0.5, 0.6) is 0 Å². The lowest BCUT2D eigenvalue weighted by atomic mass is 10.0. The monoisotopic (exact) mass is 507 g/mol. The predicted molar refractivity (Wildman–Crippen MR) is 135 cm³/mol. The van der Waals surface area contributed by atoms with E-state index in [1.54, 1.807) is 0 Å². The van der Waals surface area contributed by atoms with Gasteiger partial charge in [0.05, 0.1) is 12.6 Å². The molecular weight excluding hydrogens is 457 g/mol. The number of carbonyl (C=O) groups excluding carboxylic acids is 2. The Morgan fingerprint density at radius 1 is 0.706 bits per heavy atom. The number of ether oxygens (including phenoxy) is 1. The van der Waals surface area contributed by atoms with Crippen molar-refractivity contribution in [3.05, 3.63) is 0 Å². The summed E-state index contributed by atoms with van der Waals surface area (Å²) in [4.78, 5) is 41.5. The van der Waals surface area contributed by atoms with Crippen LogP contribution >= 0.6 is 7.82 Å². The summed E-state index contributed by atoms with van der Waals surface area (Å²) >= 11 is 0. The van der Waals surface area contributed by atoms with Crippen LogP contribution < -0.4 is 5.32 Å². The highest BCUT2D eigenvalue weighted by Crippen LogP contribution is 2.35. The number of nitrogens with one attached hydrogen (secondary N) is 1. The zero-order valence-corrected chi connectivity index (χ0v) is 22.5. The Bertz CT molecular complexity index is 553. The molecule has 0 fully saturated rings. The number of phosphoric ester groups is 1. The van der Waals surface area contributed by atoms with Gasteiger partial charge in [0.25, 0.3) is 0 Å². The molecule has 8 nitrogen and oxygen atoms in total. The Hall–Kier alpha value is -0.950. The highest BCUT2D eigenvalue weighted by atomic mass is 31.2. The van der Waals surface area contributed by atoms with Gasteiger partial charge in [-0.15, -0.1) is 0 Å². The van der Waals surface area contributed by atoms with Gasteiger partial charge in [-0.2, -0.15) is 0 Å². The van der Waals surface area contributed by atoms with Crippen molar-refractivity contribution in [2.24, 2.45) is 0 Å². The molecule has 202 valence electrons. The number of phosphoric acid groups is 1. The van der Waals surface area contributed by atoms with Crippen LogP contribution in [0.2, 0.25) is 0 Å². The summed E-state index contributed by atoms with van der Waals surface area (Å²) in [5, 5.41) is 2.65. The molecule has 0 aromatic rings. The molecule has 0 saturated carbocycles. The number of rotatable bonds is 24. The lowest BCUT2D eigenvalue weighted by Gasteiger charge is -2.19. The van der Waals surface area contributed by atoms with Crippen LogP contribution in [0.25, 0.3) is 0 Å². The first-order valence-corrected chi connectivity index (χ1v) is 15.0. The van der Waals surface area contributed by atoms with Gasteiger partial charge >= 0.3 is 13.8 Å². The number of unbranched alkanes of at least 4 members (excludes halogenated alkanes) is 14. The number of carbonyl (C=O) groups is 2. The van der Waals surface area contributed by atoms with E-state index in [9.17, 15) is 14.2 Å². The molecule has 0 aromatic heterocycles. The molecule has 34 heavy (non-hydrogen) atoms. The molecule has 0 aromatic carbocycles. The van der Waals surface area contributed by atoms with Gasteiger partial charge in [-0.05, 0) is 12.8 Å². The fourth-order valence-corrected chi connectivity index (χ4v) is 4.12. The second kappa shape index (κ2) is 22.5. The Balaban J connectivity index is 3.79. The van der Waals surface area contributed by atoms with Crippen molar-refractivity contribution < 1.29 is 33.2 Å². The lowest BCUT2D eigenvalue weighted by Crippen LogP contribution is -2.41. The highest BCUT2D eigenvalue weighted by Gasteiger charge is 2.21. The van der Waals surface area contributed by atoms with Crippen molar-refractivity contribution in [2.75, 3.05) is 13.2 Å². The van der Waals surface area contributed by atoms with Crippen LogP contribution in [-0.4, -0.2) is 40.9 Å². The van der Waals surface area contributed by atoms with E-state index in [2.05, 4.69) is 16.8 Å². The molecule has 9 heteroatoms. The quantitative estimate of drug-likeness (QED) is 0.0809. The first-order chi connectivity index (χ1) is 16.3. The van der Waals surface area contributed by atoms with Gasteiger partial charge in [-0.25, -0.2) is 4.57 Å². The van der Waals surface area contributed by atoms with Crippen molar-refractivity contribution in [3.63, 3.8) is 0 Å². The Kier molecular flexibility index (Phi) is 21.9. The Morgan fingerprint density at radius 3 is 1.62 bits per heavy atom. The van der Waals surface area contributed by atoms with Crippen molar-refractivity contribution in [1.82, 2.24) is 5.32 Å². The molecule has 0 aliphatic rings. The SMILES string of the molecule is CCCCCCCCCCCCCCCCCC(=O)N[C@H](COC(=O)CCC)COP(=O)(O)O. The summed E-state index contributed by atoms with van der Waals surface area (Å²) in [6, 6.07) is -0.794. The molecule has 1 amide bonds. The van der Waals surface area contributed by atoms with E-state index < -0.39 is 26.4 Å². The topological polar surface area (TPSA) is 122 Å². The van der Waals surface area contributed by atoms with E-state index in [4.69, 9.17) is 14.5 Å². The molecular formula is C25H50NO7P. The van der Waals surface area contributed by atoms with Gasteiger partial charge in [-0.1, -0.05) is 104 Å². The molecule has 0 rings (SSSR count). The van der Waals surface area contributed by atoms with E-state index in [1.807, 2.05) is 6.92 Å². The average molecular weight is 508 g/mol. The molecule has 0 radical (unpaired) electrons. The number of esters is 1. The lowest BCUT2D eigenvalue weighted by molar-refractivity contribution is -0.145. The summed E-state index contributed by atoms with van der Waals surface area (Å²) in [5.74, 6) is -0.652. The Labute approximate surface area is 207 Å². The number of amides is 1. The zero-order chi connectivity index (χ0) is 25.5. The minimum atomic E-state index is -4.67. The van der Waals surface area contributed by atoms with Crippen molar-refractivity contribution in [3.8, 4) is 0 Å². The third kappa shape index (κ3) is 24.2. The number of hydrogen-bond acceptors (Lipinski definition) is 5. The van der Waals surface area contributed by atoms with Crippen molar-refractivity contribution in [1.29, 1.82) is 0 Å². The van der Waals surface area contributed by atoms with E-state index in [0.29, 0.717) is 12.8 Å². The number of hydrogen-bond donors (Lipinski definition) is 3. The highest BCUT2D eigenvalue weighted by molar-refractivity contribution is 7.46. The van der Waals surface area contributed by atoms with Gasteiger partial charge < -0.3 is 19.8 Å². The van der Waals surface area contributed by atoms with Crippen LogP contribution in [0.1, 0.15) is 129 Å². The van der Waals surface area contributed by atoms with Crippen molar-refractivity contribution in [2.45, 2.75) is 135 Å². The summed E-state index contributed by atoms with van der Waals surface area (Å²) in [5.41, 5.74) is 0. The van der Waals surface area contributed by atoms with E-state index in [1.165, 1.54) is 77.0 Å². The predicted octanol–water partition coefficient (Wildman–Crippen LogP) is 6.19. The maximum Gasteiger partial charge on any atom is 0.469 e. The maximum atomic E-state index is 12.2. The largest absolute Gasteiger partial charge is 0.469 e. The summed E-state index contributed by atoms with van der Waals surface area (Å²) in [6.45, 7) is 3.49. The molecule has 3 N–H and O–H groups in total. The van der Waals surface area contributed by atoms with Gasteiger partial charge in [-0.3, -0.25) is 14.1 Å². The van der Waals surface area contributed by atoms with Crippen LogP contribution in [-0.2, 0) is 23.4 Å². The smallest absolute Gasteiger partial charge is 0.463 e. The minimum absolute atomic E-state index is 0.177. The molecule has 0 aliphatic heterocycles. The fraction of sp³-hybridized carbons (Fsp3) is 0.920. The van der Waals surface area contributed by atoms with Crippen LogP contribution in [0.15, 0.2) is 0 Å². The first-order valence-electron chi connectivity index (χ1n) is 13.4. The van der Waals surface area contributed by atoms with E-state index in [0.717, 1.165) is 19.3 Å². The second-order valence-electron chi connectivity index (χ2n) is 9.18. The fourth-order valence-electron chi connectivity index (χ4n) is 3.75. The van der Waals surface area contributed by atoms with Gasteiger partial charge in [0.2, 0.25) is 5.91 Å². The van der Waals surface area contributed by atoms with Gasteiger partial charge in [0.1, 0.15) is 6.61 Å². The molecule has 0 bridgehead atoms. The van der Waals surface area contributed by atoms with Crippen molar-refractivity contribution >= 4 is 19.7 Å². The third-order valence-electron chi connectivity index (χ3n) is 5.72. The first kappa shape index (κ1) is 33.0. The average Bonchev–Trinajstić information content (AvgIpc) is 2.78. The minimum Gasteiger partial charge on any atom is -0.463 e. The summed E-state index contributed by atoms with van der Waals surface area (Å²) < 4.78 is 20.5. The van der Waals surface area contributed by atoms with E-state index in [-0.39, 0.29) is 18.9 Å². The normalized spacial score (nSPS) is 12.5. The summed E-state index contributed by atoms with van der Waals surface area (Å²) in [7, 11) is -4.67. The maximum absolute atomic E-state index is 12.2. The third-order valence-corrected chi connectivity index (χ3v) is 6.20. The van der Waals surface area contributed by atoms with Crippen LogP contribution in [0.4, 0.5) is 0 Å². The van der Waals surface area contributed by atoms with Crippen LogP contribution in [0, 0.1) is 0 Å². The Morgan fingerprint density at radius 2 is 1.18 bits per heavy atom. The molecule has 0 unspecified atom stereocenters.